The molecule has 1 aromatic carbocycles. The molecule has 3 rings (SSSR count). The van der Waals surface area contributed by atoms with Crippen LogP contribution in [0.2, 0.25) is 5.02 Å². The van der Waals surface area contributed by atoms with Crippen LogP contribution in [0.5, 0.6) is 0 Å². The number of H-pyrrole nitrogens is 1. The van der Waals surface area contributed by atoms with Gasteiger partial charge in [-0.1, -0.05) is 22.8 Å². The Kier molecular flexibility index (Phi) is 2.34. The Hall–Kier alpha value is -2.27. The molecule has 0 aliphatic carbocycles. The second-order valence-corrected chi connectivity index (χ2v) is 4.21. The highest BCUT2D eigenvalue weighted by Gasteiger charge is 2.15. The summed E-state index contributed by atoms with van der Waals surface area (Å²) in [4.78, 5) is 13.8. The van der Waals surface area contributed by atoms with E-state index in [1.54, 1.807) is 18.3 Å². The maximum atomic E-state index is 10.7. The summed E-state index contributed by atoms with van der Waals surface area (Å²) in [6.45, 7) is 0. The van der Waals surface area contributed by atoms with E-state index in [2.05, 4.69) is 10.1 Å². The number of aromatic nitrogens is 2. The third-order valence-electron chi connectivity index (χ3n) is 2.64. The summed E-state index contributed by atoms with van der Waals surface area (Å²) in [5.74, 6) is -0.714. The van der Waals surface area contributed by atoms with Crippen LogP contribution >= 0.6 is 11.6 Å². The number of hydrogen-bond acceptors (Lipinski definition) is 3. The molecule has 0 unspecified atom stereocenters. The van der Waals surface area contributed by atoms with Crippen LogP contribution in [0.15, 0.2) is 35.0 Å². The molecule has 90 valence electrons. The van der Waals surface area contributed by atoms with Gasteiger partial charge in [-0.2, -0.15) is 0 Å². The zero-order valence-corrected chi connectivity index (χ0v) is 9.73. The molecule has 18 heavy (non-hydrogen) atoms. The molecule has 0 radical (unpaired) electrons. The van der Waals surface area contributed by atoms with Crippen LogP contribution in [0.3, 0.4) is 0 Å². The molecule has 0 aliphatic heterocycles. The topological polar surface area (TPSA) is 79.1 Å². The van der Waals surface area contributed by atoms with Crippen molar-refractivity contribution in [3.05, 3.63) is 41.2 Å². The Morgan fingerprint density at radius 1 is 1.39 bits per heavy atom. The van der Waals surface area contributed by atoms with Gasteiger partial charge in [-0.15, -0.1) is 0 Å². The highest BCUT2D eigenvalue weighted by molar-refractivity contribution is 6.31. The van der Waals surface area contributed by atoms with E-state index in [9.17, 15) is 4.79 Å². The number of fused-ring (bicyclic) bond motifs is 1. The van der Waals surface area contributed by atoms with E-state index in [1.165, 1.54) is 6.07 Å². The Morgan fingerprint density at radius 2 is 2.22 bits per heavy atom. The number of rotatable bonds is 2. The zero-order valence-electron chi connectivity index (χ0n) is 8.98. The monoisotopic (exact) mass is 262 g/mol. The van der Waals surface area contributed by atoms with Crippen LogP contribution in [-0.2, 0) is 0 Å². The summed E-state index contributed by atoms with van der Waals surface area (Å²) < 4.78 is 5.02. The van der Waals surface area contributed by atoms with Crippen molar-refractivity contribution < 1.29 is 14.4 Å². The number of nitrogens with zero attached hydrogens (tertiary/aromatic N) is 1. The van der Waals surface area contributed by atoms with Crippen molar-refractivity contribution >= 4 is 28.5 Å². The SMILES string of the molecule is O=C(O)c1cc(-c2c[nH]c3cc(Cl)ccc23)on1. The van der Waals surface area contributed by atoms with Crippen LogP contribution < -0.4 is 0 Å². The first-order valence-corrected chi connectivity index (χ1v) is 5.50. The number of nitrogens with one attached hydrogen (secondary N) is 1. The summed E-state index contributed by atoms with van der Waals surface area (Å²) in [5.41, 5.74) is 1.49. The van der Waals surface area contributed by atoms with Crippen molar-refractivity contribution in [3.8, 4) is 11.3 Å². The van der Waals surface area contributed by atoms with Gasteiger partial charge < -0.3 is 14.6 Å². The predicted octanol–water partition coefficient (Wildman–Crippen LogP) is 3.17. The molecule has 2 heterocycles. The molecule has 6 heteroatoms. The largest absolute Gasteiger partial charge is 0.476 e. The highest BCUT2D eigenvalue weighted by Crippen LogP contribution is 2.30. The lowest BCUT2D eigenvalue weighted by Crippen LogP contribution is -1.94. The molecule has 2 N–H and O–H groups in total. The van der Waals surface area contributed by atoms with E-state index in [1.807, 2.05) is 6.07 Å². The molecule has 0 fully saturated rings. The molecule has 0 aliphatic rings. The van der Waals surface area contributed by atoms with Gasteiger partial charge >= 0.3 is 5.97 Å². The molecule has 0 spiro atoms. The molecular formula is C12H7ClN2O3. The van der Waals surface area contributed by atoms with Gasteiger partial charge in [0.25, 0.3) is 0 Å². The number of carbonyl (C=O) groups is 1. The van der Waals surface area contributed by atoms with E-state index in [0.717, 1.165) is 16.5 Å². The Balaban J connectivity index is 2.16. The molecule has 0 atom stereocenters. The van der Waals surface area contributed by atoms with Gasteiger partial charge in [0.15, 0.2) is 11.5 Å². The lowest BCUT2D eigenvalue weighted by atomic mass is 10.1. The van der Waals surface area contributed by atoms with E-state index < -0.39 is 5.97 Å². The summed E-state index contributed by atoms with van der Waals surface area (Å²) in [5, 5.41) is 13.8. The quantitative estimate of drug-likeness (QED) is 0.743. The average molecular weight is 263 g/mol. The number of halogens is 1. The van der Waals surface area contributed by atoms with Gasteiger partial charge in [0.2, 0.25) is 0 Å². The molecule has 0 saturated heterocycles. The minimum Gasteiger partial charge on any atom is -0.476 e. The molecule has 0 saturated carbocycles. The van der Waals surface area contributed by atoms with Gasteiger partial charge in [0.1, 0.15) is 0 Å². The highest BCUT2D eigenvalue weighted by atomic mass is 35.5. The maximum absolute atomic E-state index is 10.7. The van der Waals surface area contributed by atoms with E-state index in [0.29, 0.717) is 10.8 Å². The number of benzene rings is 1. The van der Waals surface area contributed by atoms with Crippen molar-refractivity contribution in [1.82, 2.24) is 10.1 Å². The number of aromatic carboxylic acids is 1. The molecule has 0 bridgehead atoms. The van der Waals surface area contributed by atoms with Gasteiger partial charge in [-0.3, -0.25) is 0 Å². The first-order chi connectivity index (χ1) is 8.65. The smallest absolute Gasteiger partial charge is 0.358 e. The van der Waals surface area contributed by atoms with Gasteiger partial charge in [-0.25, -0.2) is 4.79 Å². The fraction of sp³-hybridized carbons (Fsp3) is 0. The number of carboxylic acids is 1. The molecule has 0 amide bonds. The fourth-order valence-electron chi connectivity index (χ4n) is 1.81. The Bertz CT molecular complexity index is 745. The van der Waals surface area contributed by atoms with E-state index in [-0.39, 0.29) is 5.69 Å². The van der Waals surface area contributed by atoms with Crippen molar-refractivity contribution in [2.45, 2.75) is 0 Å². The van der Waals surface area contributed by atoms with E-state index >= 15 is 0 Å². The Labute approximate surface area is 106 Å². The van der Waals surface area contributed by atoms with Gasteiger partial charge in [0, 0.05) is 33.8 Å². The number of carboxylic acid groups (broad SMARTS) is 1. The average Bonchev–Trinajstić information content (AvgIpc) is 2.92. The minimum absolute atomic E-state index is 0.117. The molecule has 5 nitrogen and oxygen atoms in total. The van der Waals surface area contributed by atoms with Crippen molar-refractivity contribution in [2.75, 3.05) is 0 Å². The predicted molar refractivity (Wildman–Crippen MR) is 65.8 cm³/mol. The minimum atomic E-state index is -1.12. The van der Waals surface area contributed by atoms with Gasteiger partial charge in [0.05, 0.1) is 0 Å². The van der Waals surface area contributed by atoms with Crippen LogP contribution in [0.4, 0.5) is 0 Å². The summed E-state index contributed by atoms with van der Waals surface area (Å²) >= 11 is 5.89. The zero-order chi connectivity index (χ0) is 12.7. The second-order valence-electron chi connectivity index (χ2n) is 3.77. The van der Waals surface area contributed by atoms with Crippen molar-refractivity contribution in [3.63, 3.8) is 0 Å². The third kappa shape index (κ3) is 1.65. The number of aromatic amines is 1. The second kappa shape index (κ2) is 3.89. The maximum Gasteiger partial charge on any atom is 0.358 e. The lowest BCUT2D eigenvalue weighted by molar-refractivity contribution is 0.0686. The first kappa shape index (κ1) is 10.9. The standard InChI is InChI=1S/C12H7ClN2O3/c13-6-1-2-7-8(5-14-9(7)3-6)11-4-10(12(16)17)15-18-11/h1-5,14H,(H,16,17). The van der Waals surface area contributed by atoms with Gasteiger partial charge in [-0.05, 0) is 12.1 Å². The normalized spacial score (nSPS) is 10.9. The van der Waals surface area contributed by atoms with Crippen LogP contribution in [0, 0.1) is 0 Å². The fourth-order valence-corrected chi connectivity index (χ4v) is 1.98. The van der Waals surface area contributed by atoms with Crippen LogP contribution in [0.25, 0.3) is 22.2 Å². The van der Waals surface area contributed by atoms with E-state index in [4.69, 9.17) is 21.2 Å². The molecule has 2 aromatic heterocycles. The molecule has 3 aromatic rings. The van der Waals surface area contributed by atoms with Crippen LogP contribution in [-0.4, -0.2) is 21.2 Å². The Morgan fingerprint density at radius 3 is 2.94 bits per heavy atom. The lowest BCUT2D eigenvalue weighted by Gasteiger charge is -1.93. The third-order valence-corrected chi connectivity index (χ3v) is 2.87. The molecular weight excluding hydrogens is 256 g/mol. The first-order valence-electron chi connectivity index (χ1n) is 5.12. The van der Waals surface area contributed by atoms with Crippen molar-refractivity contribution in [2.24, 2.45) is 0 Å². The van der Waals surface area contributed by atoms with Crippen molar-refractivity contribution in [1.29, 1.82) is 0 Å². The summed E-state index contributed by atoms with van der Waals surface area (Å²) in [6, 6.07) is 6.77. The van der Waals surface area contributed by atoms with Crippen LogP contribution in [0.1, 0.15) is 10.5 Å². The summed E-state index contributed by atoms with van der Waals surface area (Å²) in [7, 11) is 0. The number of hydrogen-bond donors (Lipinski definition) is 2. The summed E-state index contributed by atoms with van der Waals surface area (Å²) in [6.07, 6.45) is 1.73.